The highest BCUT2D eigenvalue weighted by Gasteiger charge is 2.37. The van der Waals surface area contributed by atoms with Crippen molar-refractivity contribution >= 4 is 18.3 Å². The second kappa shape index (κ2) is 8.76. The number of hydrogen-bond acceptors (Lipinski definition) is 5. The molecular weight excluding hydrogens is 320 g/mol. The zero-order chi connectivity index (χ0) is 19.2. The fourth-order valence-electron chi connectivity index (χ4n) is 2.27. The lowest BCUT2D eigenvalue weighted by Crippen LogP contribution is -2.55. The third kappa shape index (κ3) is 6.31. The van der Waals surface area contributed by atoms with Crippen LogP contribution in [0.3, 0.4) is 0 Å². The van der Waals surface area contributed by atoms with E-state index in [1.54, 1.807) is 40.9 Å². The van der Waals surface area contributed by atoms with Gasteiger partial charge in [-0.3, -0.25) is 9.59 Å². The number of ether oxygens (including phenoxy) is 1. The maximum atomic E-state index is 12.8. The summed E-state index contributed by atoms with van der Waals surface area (Å²) < 4.78 is 5.29. The van der Waals surface area contributed by atoms with Crippen LogP contribution >= 0.6 is 0 Å². The molecule has 0 unspecified atom stereocenters. The van der Waals surface area contributed by atoms with E-state index in [9.17, 15) is 14.4 Å². The third-order valence-corrected chi connectivity index (χ3v) is 3.47. The fraction of sp³-hybridized carbons (Fsp3) is 0.526. The van der Waals surface area contributed by atoms with Gasteiger partial charge in [0.15, 0.2) is 0 Å². The summed E-state index contributed by atoms with van der Waals surface area (Å²) in [5, 5.41) is 0. The Morgan fingerprint density at radius 1 is 1.20 bits per heavy atom. The van der Waals surface area contributed by atoms with E-state index >= 15 is 0 Å². The van der Waals surface area contributed by atoms with Gasteiger partial charge in [-0.05, 0) is 38.7 Å². The van der Waals surface area contributed by atoms with Crippen molar-refractivity contribution in [1.82, 2.24) is 4.90 Å². The molecule has 2 amide bonds. The molecule has 137 valence electrons. The van der Waals surface area contributed by atoms with Gasteiger partial charge in [0.1, 0.15) is 11.6 Å². The van der Waals surface area contributed by atoms with Crippen LogP contribution in [0.25, 0.3) is 0 Å². The highest BCUT2D eigenvalue weighted by atomic mass is 16.6. The van der Waals surface area contributed by atoms with Crippen LogP contribution in [-0.2, 0) is 20.7 Å². The SMILES string of the molecule is CC(C)[C@@H]([C]=O)N(C(=O)OC(C)(C)C)C(=O)[C@@H](N)Cc1ccccc1. The van der Waals surface area contributed by atoms with E-state index in [4.69, 9.17) is 10.5 Å². The standard InChI is InChI=1S/C19H27N2O4/c1-13(2)16(12-22)21(18(24)25-19(3,4)5)17(23)15(20)11-14-9-7-6-8-10-14/h6-10,13,15-16H,11,20H2,1-5H3/t15-,16+/m0/s1. The maximum absolute atomic E-state index is 12.8. The average molecular weight is 347 g/mol. The highest BCUT2D eigenvalue weighted by molar-refractivity contribution is 5.97. The van der Waals surface area contributed by atoms with Crippen molar-refractivity contribution in [3.63, 3.8) is 0 Å². The lowest BCUT2D eigenvalue weighted by Gasteiger charge is -2.32. The summed E-state index contributed by atoms with van der Waals surface area (Å²) in [5.74, 6) is -0.960. The van der Waals surface area contributed by atoms with Crippen molar-refractivity contribution < 1.29 is 19.1 Å². The van der Waals surface area contributed by atoms with E-state index in [1.165, 1.54) is 0 Å². The first-order valence-corrected chi connectivity index (χ1v) is 8.30. The normalized spacial score (nSPS) is 13.9. The van der Waals surface area contributed by atoms with Crippen molar-refractivity contribution in [2.75, 3.05) is 0 Å². The van der Waals surface area contributed by atoms with Crippen LogP contribution in [0, 0.1) is 5.92 Å². The second-order valence-corrected chi connectivity index (χ2v) is 7.29. The molecular formula is C19H27N2O4. The lowest BCUT2D eigenvalue weighted by molar-refractivity contribution is -0.133. The van der Waals surface area contributed by atoms with Crippen molar-refractivity contribution in [3.8, 4) is 0 Å². The lowest BCUT2D eigenvalue weighted by atomic mass is 10.0. The summed E-state index contributed by atoms with van der Waals surface area (Å²) in [6.07, 6.45) is 1.13. The summed E-state index contributed by atoms with van der Waals surface area (Å²) in [4.78, 5) is 37.5. The zero-order valence-electron chi connectivity index (χ0n) is 15.5. The van der Waals surface area contributed by atoms with Gasteiger partial charge in [0.25, 0.3) is 0 Å². The summed E-state index contributed by atoms with van der Waals surface area (Å²) in [5.41, 5.74) is 6.08. The Balaban J connectivity index is 3.06. The van der Waals surface area contributed by atoms with Crippen LogP contribution in [0.2, 0.25) is 0 Å². The van der Waals surface area contributed by atoms with Crippen LogP contribution in [0.15, 0.2) is 30.3 Å². The van der Waals surface area contributed by atoms with Crippen molar-refractivity contribution in [2.24, 2.45) is 11.7 Å². The molecule has 0 saturated heterocycles. The van der Waals surface area contributed by atoms with E-state index in [1.807, 2.05) is 30.3 Å². The van der Waals surface area contributed by atoms with Gasteiger partial charge in [0.2, 0.25) is 12.2 Å². The Morgan fingerprint density at radius 3 is 2.20 bits per heavy atom. The van der Waals surface area contributed by atoms with Gasteiger partial charge in [0, 0.05) is 0 Å². The van der Waals surface area contributed by atoms with Crippen LogP contribution in [0.4, 0.5) is 4.79 Å². The Hall–Kier alpha value is -2.21. The molecule has 0 spiro atoms. The number of amides is 2. The Morgan fingerprint density at radius 2 is 1.76 bits per heavy atom. The number of rotatable bonds is 6. The molecule has 25 heavy (non-hydrogen) atoms. The number of benzene rings is 1. The van der Waals surface area contributed by atoms with Gasteiger partial charge in [-0.15, -0.1) is 0 Å². The fourth-order valence-corrected chi connectivity index (χ4v) is 2.27. The van der Waals surface area contributed by atoms with Gasteiger partial charge < -0.3 is 10.5 Å². The van der Waals surface area contributed by atoms with Crippen molar-refractivity contribution in [2.45, 2.75) is 58.7 Å². The van der Waals surface area contributed by atoms with Crippen molar-refractivity contribution in [1.29, 1.82) is 0 Å². The molecule has 1 aromatic rings. The molecule has 0 aromatic heterocycles. The highest BCUT2D eigenvalue weighted by Crippen LogP contribution is 2.17. The zero-order valence-corrected chi connectivity index (χ0v) is 15.5. The summed E-state index contributed by atoms with van der Waals surface area (Å²) in [6, 6.07) is 7.21. The maximum Gasteiger partial charge on any atom is 0.417 e. The monoisotopic (exact) mass is 347 g/mol. The van der Waals surface area contributed by atoms with E-state index in [0.717, 1.165) is 10.5 Å². The molecule has 0 bridgehead atoms. The first-order chi connectivity index (χ1) is 11.6. The van der Waals surface area contributed by atoms with Crippen LogP contribution < -0.4 is 5.73 Å². The van der Waals surface area contributed by atoms with Crippen LogP contribution in [-0.4, -0.2) is 40.9 Å². The molecule has 0 fully saturated rings. The molecule has 2 atom stereocenters. The largest absolute Gasteiger partial charge is 0.443 e. The van der Waals surface area contributed by atoms with Crippen LogP contribution in [0.5, 0.6) is 0 Å². The minimum atomic E-state index is -1.05. The molecule has 6 nitrogen and oxygen atoms in total. The topological polar surface area (TPSA) is 89.7 Å². The second-order valence-electron chi connectivity index (χ2n) is 7.29. The van der Waals surface area contributed by atoms with Gasteiger partial charge in [0.05, 0.1) is 6.04 Å². The number of carbonyl (C=O) groups excluding carboxylic acids is 3. The van der Waals surface area contributed by atoms with Gasteiger partial charge >= 0.3 is 6.09 Å². The van der Waals surface area contributed by atoms with Crippen molar-refractivity contribution in [3.05, 3.63) is 35.9 Å². The first kappa shape index (κ1) is 20.8. The first-order valence-electron chi connectivity index (χ1n) is 8.30. The summed E-state index contributed by atoms with van der Waals surface area (Å²) in [6.45, 7) is 8.51. The van der Waals surface area contributed by atoms with E-state index < -0.39 is 29.7 Å². The number of imide groups is 1. The van der Waals surface area contributed by atoms with E-state index in [-0.39, 0.29) is 12.3 Å². The predicted molar refractivity (Wildman–Crippen MR) is 95.5 cm³/mol. The molecule has 1 aromatic carbocycles. The van der Waals surface area contributed by atoms with E-state index in [2.05, 4.69) is 0 Å². The molecule has 6 heteroatoms. The Bertz CT molecular complexity index is 593. The molecule has 0 heterocycles. The number of carbonyl (C=O) groups is 2. The third-order valence-electron chi connectivity index (χ3n) is 3.47. The molecule has 0 aliphatic rings. The summed E-state index contributed by atoms with van der Waals surface area (Å²) >= 11 is 0. The van der Waals surface area contributed by atoms with E-state index in [0.29, 0.717) is 0 Å². The Labute approximate surface area is 149 Å². The van der Waals surface area contributed by atoms with Gasteiger partial charge in [-0.25, -0.2) is 9.69 Å². The smallest absolute Gasteiger partial charge is 0.417 e. The molecule has 2 N–H and O–H groups in total. The molecule has 0 saturated carbocycles. The van der Waals surface area contributed by atoms with Gasteiger partial charge in [-0.2, -0.15) is 0 Å². The number of hydrogen-bond donors (Lipinski definition) is 1. The van der Waals surface area contributed by atoms with Gasteiger partial charge in [-0.1, -0.05) is 44.2 Å². The average Bonchev–Trinajstić information content (AvgIpc) is 2.50. The minimum absolute atomic E-state index is 0.253. The van der Waals surface area contributed by atoms with Crippen LogP contribution in [0.1, 0.15) is 40.2 Å². The molecule has 1 radical (unpaired) electrons. The molecule has 0 aliphatic heterocycles. The minimum Gasteiger partial charge on any atom is -0.443 e. The number of nitrogens with zero attached hydrogens (tertiary/aromatic N) is 1. The molecule has 1 rings (SSSR count). The quantitative estimate of drug-likeness (QED) is 0.854. The predicted octanol–water partition coefficient (Wildman–Crippen LogP) is 2.45. The number of nitrogens with two attached hydrogens (primary N) is 1. The Kier molecular flexibility index (Phi) is 7.30. The summed E-state index contributed by atoms with van der Waals surface area (Å²) in [7, 11) is 0. The molecule has 0 aliphatic carbocycles.